The van der Waals surface area contributed by atoms with E-state index in [4.69, 9.17) is 14.2 Å². The first-order valence-electron chi connectivity index (χ1n) is 11.7. The third-order valence-electron chi connectivity index (χ3n) is 5.49. The number of carbonyl (C=O) groups is 3. The molecule has 1 heterocycles. The first-order chi connectivity index (χ1) is 19.2. The second-order valence-corrected chi connectivity index (χ2v) is 8.10. The highest BCUT2D eigenvalue weighted by molar-refractivity contribution is 6.00. The van der Waals surface area contributed by atoms with Crippen LogP contribution in [0.25, 0.3) is 0 Å². The Morgan fingerprint density at radius 2 is 1.41 bits per heavy atom. The summed E-state index contributed by atoms with van der Waals surface area (Å²) in [7, 11) is 0.888. The third-order valence-corrected chi connectivity index (χ3v) is 5.49. The molecule has 228 valence electrons. The summed E-state index contributed by atoms with van der Waals surface area (Å²) in [5, 5.41) is 4.20. The van der Waals surface area contributed by atoms with Gasteiger partial charge in [-0.15, -0.1) is 0 Å². The van der Waals surface area contributed by atoms with Gasteiger partial charge in [0, 0.05) is 17.8 Å². The van der Waals surface area contributed by atoms with Gasteiger partial charge in [0.2, 0.25) is 5.82 Å². The van der Waals surface area contributed by atoms with Gasteiger partial charge in [0.15, 0.2) is 23.3 Å². The Morgan fingerprint density at radius 1 is 0.854 bits per heavy atom. The van der Waals surface area contributed by atoms with Crippen LogP contribution in [-0.2, 0) is 33.3 Å². The number of ether oxygens (including phenoxy) is 4. The molecule has 0 aliphatic carbocycles. The average Bonchev–Trinajstić information content (AvgIpc) is 2.91. The lowest BCUT2D eigenvalue weighted by Gasteiger charge is -2.31. The highest BCUT2D eigenvalue weighted by Crippen LogP contribution is 2.43. The molecule has 1 aliphatic rings. The molecule has 0 fully saturated rings. The second kappa shape index (κ2) is 14.2. The normalized spacial score (nSPS) is 15.5. The van der Waals surface area contributed by atoms with Crippen molar-refractivity contribution in [2.45, 2.75) is 25.9 Å². The van der Waals surface area contributed by atoms with Gasteiger partial charge in [0.1, 0.15) is 0 Å². The first kappa shape index (κ1) is 33.5. The number of esters is 2. The van der Waals surface area contributed by atoms with Crippen LogP contribution in [0.2, 0.25) is 0 Å². The number of hydrogen-bond donors (Lipinski definition) is 2. The van der Waals surface area contributed by atoms with E-state index in [1.54, 1.807) is 5.32 Å². The van der Waals surface area contributed by atoms with Crippen LogP contribution in [0.1, 0.15) is 25.3 Å². The van der Waals surface area contributed by atoms with Gasteiger partial charge < -0.3 is 29.6 Å². The van der Waals surface area contributed by atoms with Gasteiger partial charge >= 0.3 is 24.0 Å². The second-order valence-electron chi connectivity index (χ2n) is 8.10. The van der Waals surface area contributed by atoms with Crippen molar-refractivity contribution in [2.75, 3.05) is 46.7 Å². The van der Waals surface area contributed by atoms with E-state index in [1.807, 2.05) is 0 Å². The van der Waals surface area contributed by atoms with Crippen LogP contribution in [0.4, 0.5) is 35.1 Å². The number of hydrogen-bond acceptors (Lipinski definition) is 8. The maximum Gasteiger partial charge on any atom is 0.471 e. The standard InChI is InChI=1S/C24H24F8N2O7/c1-4-41-22(36)13-11(9-40-8-7-39-6-5-33-23(37)24(30,31)32)34-10(2)12(21(35)38-3)14(13)15-16(25)18(27)20(29)19(28)17(15)26/h14,34H,4-9H2,1-3H3,(H,33,37). The lowest BCUT2D eigenvalue weighted by Crippen LogP contribution is -2.38. The molecule has 1 amide bonds. The van der Waals surface area contributed by atoms with Crippen LogP contribution >= 0.6 is 0 Å². The molecule has 1 atom stereocenters. The molecule has 0 saturated heterocycles. The maximum absolute atomic E-state index is 14.9. The van der Waals surface area contributed by atoms with E-state index in [0.717, 1.165) is 7.11 Å². The van der Waals surface area contributed by atoms with Crippen molar-refractivity contribution in [1.29, 1.82) is 0 Å². The minimum absolute atomic E-state index is 0.172. The van der Waals surface area contributed by atoms with E-state index in [0.29, 0.717) is 0 Å². The number of dihydropyridines is 1. The number of benzene rings is 1. The Labute approximate surface area is 227 Å². The zero-order chi connectivity index (χ0) is 31.1. The Bertz CT molecular complexity index is 1220. The summed E-state index contributed by atoms with van der Waals surface area (Å²) in [5.74, 6) is -18.5. The van der Waals surface area contributed by atoms with Gasteiger partial charge in [-0.3, -0.25) is 4.79 Å². The molecule has 1 aromatic rings. The highest BCUT2D eigenvalue weighted by Gasteiger charge is 2.44. The van der Waals surface area contributed by atoms with Crippen molar-refractivity contribution in [3.63, 3.8) is 0 Å². The molecule has 2 rings (SSSR count). The fraction of sp³-hybridized carbons (Fsp3) is 0.458. The molecular weight excluding hydrogens is 580 g/mol. The number of halogens is 8. The van der Waals surface area contributed by atoms with E-state index in [1.165, 1.54) is 13.8 Å². The van der Waals surface area contributed by atoms with Crippen LogP contribution in [-0.4, -0.2) is 70.7 Å². The maximum atomic E-state index is 14.9. The fourth-order valence-electron chi connectivity index (χ4n) is 3.74. The molecule has 1 aliphatic heterocycles. The smallest absolute Gasteiger partial charge is 0.466 e. The van der Waals surface area contributed by atoms with Crippen LogP contribution in [0.15, 0.2) is 22.5 Å². The predicted octanol–water partition coefficient (Wildman–Crippen LogP) is 3.04. The van der Waals surface area contributed by atoms with E-state index in [2.05, 4.69) is 10.1 Å². The number of methoxy groups -OCH3 is 1. The lowest BCUT2D eigenvalue weighted by molar-refractivity contribution is -0.173. The molecule has 17 heteroatoms. The minimum Gasteiger partial charge on any atom is -0.466 e. The molecule has 1 aromatic carbocycles. The topological polar surface area (TPSA) is 112 Å². The summed E-state index contributed by atoms with van der Waals surface area (Å²) in [6.45, 7) is 0.437. The minimum atomic E-state index is -5.06. The zero-order valence-corrected chi connectivity index (χ0v) is 21.7. The lowest BCUT2D eigenvalue weighted by atomic mass is 9.79. The van der Waals surface area contributed by atoms with Crippen LogP contribution in [0, 0.1) is 29.1 Å². The molecule has 0 bridgehead atoms. The Balaban J connectivity index is 2.38. The van der Waals surface area contributed by atoms with E-state index >= 15 is 0 Å². The summed E-state index contributed by atoms with van der Waals surface area (Å²) < 4.78 is 128. The first-order valence-corrected chi connectivity index (χ1v) is 11.7. The number of alkyl halides is 3. The largest absolute Gasteiger partial charge is 0.471 e. The average molecular weight is 604 g/mol. The molecule has 0 aromatic heterocycles. The number of amides is 1. The summed E-state index contributed by atoms with van der Waals surface area (Å²) in [4.78, 5) is 36.3. The van der Waals surface area contributed by atoms with Crippen molar-refractivity contribution >= 4 is 17.8 Å². The fourth-order valence-corrected chi connectivity index (χ4v) is 3.74. The Kier molecular flexibility index (Phi) is 11.6. The van der Waals surface area contributed by atoms with Crippen LogP contribution in [0.3, 0.4) is 0 Å². The van der Waals surface area contributed by atoms with Gasteiger partial charge in [-0.2, -0.15) is 13.2 Å². The summed E-state index contributed by atoms with van der Waals surface area (Å²) in [5.41, 5.74) is -3.30. The Hall–Kier alpha value is -3.73. The highest BCUT2D eigenvalue weighted by atomic mass is 19.4. The van der Waals surface area contributed by atoms with Crippen molar-refractivity contribution < 1.29 is 68.5 Å². The summed E-state index contributed by atoms with van der Waals surface area (Å²) in [6.07, 6.45) is -5.06. The third kappa shape index (κ3) is 7.72. The van der Waals surface area contributed by atoms with Gasteiger partial charge in [0.25, 0.3) is 0 Å². The molecule has 1 unspecified atom stereocenters. The molecule has 9 nitrogen and oxygen atoms in total. The SMILES string of the molecule is CCOC(=O)C1=C(COCCOCCNC(=O)C(F)(F)F)NC(C)=C(C(=O)OC)C1c1c(F)c(F)c(F)c(F)c1F. The molecular formula is C24H24F8N2O7. The molecule has 0 saturated carbocycles. The molecule has 0 spiro atoms. The number of rotatable bonds is 12. The number of carbonyl (C=O) groups excluding carboxylic acids is 3. The van der Waals surface area contributed by atoms with Crippen LogP contribution in [0.5, 0.6) is 0 Å². The predicted molar refractivity (Wildman–Crippen MR) is 121 cm³/mol. The van der Waals surface area contributed by atoms with E-state index in [-0.39, 0.29) is 37.8 Å². The summed E-state index contributed by atoms with van der Waals surface area (Å²) >= 11 is 0. The van der Waals surface area contributed by atoms with Gasteiger partial charge in [-0.05, 0) is 13.8 Å². The number of nitrogens with one attached hydrogen (secondary N) is 2. The van der Waals surface area contributed by atoms with Crippen molar-refractivity contribution in [3.8, 4) is 0 Å². The molecule has 0 radical (unpaired) electrons. The van der Waals surface area contributed by atoms with Gasteiger partial charge in [0.05, 0.1) is 62.9 Å². The van der Waals surface area contributed by atoms with Crippen molar-refractivity contribution in [2.24, 2.45) is 0 Å². The Morgan fingerprint density at radius 3 is 1.95 bits per heavy atom. The molecule has 2 N–H and O–H groups in total. The monoisotopic (exact) mass is 604 g/mol. The van der Waals surface area contributed by atoms with Gasteiger partial charge in [-0.25, -0.2) is 31.5 Å². The summed E-state index contributed by atoms with van der Waals surface area (Å²) in [6, 6.07) is 0. The van der Waals surface area contributed by atoms with Crippen LogP contribution < -0.4 is 10.6 Å². The van der Waals surface area contributed by atoms with Crippen molar-refractivity contribution in [3.05, 3.63) is 57.2 Å². The number of allylic oxidation sites excluding steroid dienone is 1. The zero-order valence-electron chi connectivity index (χ0n) is 21.7. The van der Waals surface area contributed by atoms with E-state index < -0.39 is 88.9 Å². The van der Waals surface area contributed by atoms with E-state index in [9.17, 15) is 49.5 Å². The quantitative estimate of drug-likeness (QED) is 0.123. The van der Waals surface area contributed by atoms with Gasteiger partial charge in [-0.1, -0.05) is 0 Å². The molecule has 41 heavy (non-hydrogen) atoms. The van der Waals surface area contributed by atoms with Crippen molar-refractivity contribution in [1.82, 2.24) is 10.6 Å².